The van der Waals surface area contributed by atoms with Gasteiger partial charge in [-0.15, -0.1) is 0 Å². The summed E-state index contributed by atoms with van der Waals surface area (Å²) in [5.74, 6) is 0.00603. The first-order valence-electron chi connectivity index (χ1n) is 7.63. The highest BCUT2D eigenvalue weighted by atomic mass is 35.5. The number of carbonyl (C=O) groups is 1. The maximum atomic E-state index is 11.9. The minimum atomic E-state index is 0.00603. The second-order valence-electron chi connectivity index (χ2n) is 5.77. The fraction of sp³-hybridized carbons (Fsp3) is 0.158. The molecule has 0 radical (unpaired) electrons. The summed E-state index contributed by atoms with van der Waals surface area (Å²) in [4.78, 5) is 17.8. The van der Waals surface area contributed by atoms with Crippen LogP contribution in [0.4, 0.5) is 5.69 Å². The third-order valence-electron chi connectivity index (χ3n) is 3.79. The van der Waals surface area contributed by atoms with Crippen molar-refractivity contribution < 1.29 is 4.79 Å². The number of aromatic nitrogens is 1. The summed E-state index contributed by atoms with van der Waals surface area (Å²) in [7, 11) is 3.50. The van der Waals surface area contributed by atoms with Gasteiger partial charge >= 0.3 is 0 Å². The monoisotopic (exact) mass is 339 g/mol. The quantitative estimate of drug-likeness (QED) is 0.774. The lowest BCUT2D eigenvalue weighted by molar-refractivity contribution is 0.0827. The molecule has 24 heavy (non-hydrogen) atoms. The van der Waals surface area contributed by atoms with Gasteiger partial charge in [-0.2, -0.15) is 0 Å². The van der Waals surface area contributed by atoms with E-state index in [0.29, 0.717) is 17.1 Å². The van der Waals surface area contributed by atoms with Crippen LogP contribution < -0.4 is 5.32 Å². The molecule has 5 heteroatoms. The van der Waals surface area contributed by atoms with Crippen LogP contribution in [0, 0.1) is 0 Å². The van der Waals surface area contributed by atoms with Crippen LogP contribution in [-0.4, -0.2) is 29.9 Å². The number of hydrogen-bond acceptors (Lipinski definition) is 3. The van der Waals surface area contributed by atoms with Gasteiger partial charge in [-0.05, 0) is 42.0 Å². The zero-order valence-electron chi connectivity index (χ0n) is 13.6. The molecule has 0 aliphatic rings. The zero-order valence-corrected chi connectivity index (χ0v) is 14.3. The van der Waals surface area contributed by atoms with Gasteiger partial charge in [-0.1, -0.05) is 23.7 Å². The van der Waals surface area contributed by atoms with Crippen molar-refractivity contribution in [1.82, 2.24) is 9.88 Å². The van der Waals surface area contributed by atoms with Crippen molar-refractivity contribution in [3.05, 3.63) is 70.9 Å². The van der Waals surface area contributed by atoms with E-state index in [1.807, 2.05) is 48.5 Å². The molecule has 0 saturated carbocycles. The number of amides is 1. The van der Waals surface area contributed by atoms with Gasteiger partial charge in [0, 0.05) is 48.5 Å². The van der Waals surface area contributed by atoms with Crippen molar-refractivity contribution in [3.63, 3.8) is 0 Å². The van der Waals surface area contributed by atoms with E-state index in [1.165, 1.54) is 0 Å². The third kappa shape index (κ3) is 3.49. The van der Waals surface area contributed by atoms with E-state index in [9.17, 15) is 4.79 Å². The van der Waals surface area contributed by atoms with Crippen molar-refractivity contribution in [3.8, 4) is 0 Å². The van der Waals surface area contributed by atoms with Crippen LogP contribution in [0.5, 0.6) is 0 Å². The first-order chi connectivity index (χ1) is 11.5. The molecule has 0 saturated heterocycles. The number of hydrogen-bond donors (Lipinski definition) is 1. The molecule has 1 aromatic heterocycles. The van der Waals surface area contributed by atoms with Crippen molar-refractivity contribution >= 4 is 34.1 Å². The van der Waals surface area contributed by atoms with Gasteiger partial charge < -0.3 is 10.2 Å². The summed E-state index contributed by atoms with van der Waals surface area (Å²) in [6.45, 7) is 0.665. The standard InChI is InChI=1S/C19H18ClN3O/c1-23(2)19(24)14-5-3-13(4-6-14)12-22-17-9-10-21-18-11-15(20)7-8-16(17)18/h3-11H,12H2,1-2H3,(H,21,22). The Morgan fingerprint density at radius 3 is 2.58 bits per heavy atom. The molecule has 4 nitrogen and oxygen atoms in total. The summed E-state index contributed by atoms with van der Waals surface area (Å²) >= 11 is 6.02. The Kier molecular flexibility index (Phi) is 4.67. The van der Waals surface area contributed by atoms with E-state index in [4.69, 9.17) is 11.6 Å². The van der Waals surface area contributed by atoms with Gasteiger partial charge in [0.05, 0.1) is 5.52 Å². The number of benzene rings is 2. The fourth-order valence-electron chi connectivity index (χ4n) is 2.50. The molecular weight excluding hydrogens is 322 g/mol. The van der Waals surface area contributed by atoms with Crippen LogP contribution in [0.1, 0.15) is 15.9 Å². The first-order valence-corrected chi connectivity index (χ1v) is 8.01. The van der Waals surface area contributed by atoms with E-state index in [0.717, 1.165) is 22.2 Å². The predicted molar refractivity (Wildman–Crippen MR) is 98.5 cm³/mol. The molecule has 0 atom stereocenters. The Bertz CT molecular complexity index is 875. The third-order valence-corrected chi connectivity index (χ3v) is 4.03. The highest BCUT2D eigenvalue weighted by molar-refractivity contribution is 6.31. The molecule has 0 fully saturated rings. The number of nitrogens with one attached hydrogen (secondary N) is 1. The number of nitrogens with zero attached hydrogens (tertiary/aromatic N) is 2. The number of carbonyl (C=O) groups excluding carboxylic acids is 1. The summed E-state index contributed by atoms with van der Waals surface area (Å²) in [6, 6.07) is 15.2. The van der Waals surface area contributed by atoms with Gasteiger partial charge in [-0.25, -0.2) is 0 Å². The van der Waals surface area contributed by atoms with E-state index in [2.05, 4.69) is 10.3 Å². The fourth-order valence-corrected chi connectivity index (χ4v) is 2.66. The molecule has 3 aromatic rings. The van der Waals surface area contributed by atoms with Gasteiger partial charge in [-0.3, -0.25) is 9.78 Å². The topological polar surface area (TPSA) is 45.2 Å². The maximum Gasteiger partial charge on any atom is 0.253 e. The van der Waals surface area contributed by atoms with Crippen LogP contribution in [0.25, 0.3) is 10.9 Å². The first kappa shape index (κ1) is 16.3. The van der Waals surface area contributed by atoms with Gasteiger partial charge in [0.15, 0.2) is 0 Å². The van der Waals surface area contributed by atoms with Crippen LogP contribution in [0.2, 0.25) is 5.02 Å². The van der Waals surface area contributed by atoms with E-state index in [1.54, 1.807) is 25.2 Å². The Morgan fingerprint density at radius 2 is 1.88 bits per heavy atom. The molecule has 0 spiro atoms. The SMILES string of the molecule is CN(C)C(=O)c1ccc(CNc2ccnc3cc(Cl)ccc23)cc1. The maximum absolute atomic E-state index is 11.9. The van der Waals surface area contributed by atoms with Crippen molar-refractivity contribution in [2.45, 2.75) is 6.54 Å². The number of anilines is 1. The molecule has 0 bridgehead atoms. The van der Waals surface area contributed by atoms with Crippen molar-refractivity contribution in [2.24, 2.45) is 0 Å². The summed E-state index contributed by atoms with van der Waals surface area (Å²) in [5.41, 5.74) is 3.65. The minimum Gasteiger partial charge on any atom is -0.380 e. The van der Waals surface area contributed by atoms with Gasteiger partial charge in [0.1, 0.15) is 0 Å². The second kappa shape index (κ2) is 6.89. The summed E-state index contributed by atoms with van der Waals surface area (Å²) < 4.78 is 0. The zero-order chi connectivity index (χ0) is 17.1. The normalized spacial score (nSPS) is 10.6. The molecule has 3 rings (SSSR count). The van der Waals surface area contributed by atoms with Crippen molar-refractivity contribution in [2.75, 3.05) is 19.4 Å². The number of pyridine rings is 1. The average Bonchev–Trinajstić information content (AvgIpc) is 2.59. The minimum absolute atomic E-state index is 0.00603. The van der Waals surface area contributed by atoms with Crippen LogP contribution in [-0.2, 0) is 6.54 Å². The molecule has 122 valence electrons. The van der Waals surface area contributed by atoms with E-state index < -0.39 is 0 Å². The molecule has 1 N–H and O–H groups in total. The number of halogens is 1. The second-order valence-corrected chi connectivity index (χ2v) is 6.21. The molecule has 0 aliphatic carbocycles. The molecule has 1 heterocycles. The Balaban J connectivity index is 1.75. The Labute approximate surface area is 146 Å². The Hall–Kier alpha value is -2.59. The molecule has 2 aromatic carbocycles. The molecule has 0 aliphatic heterocycles. The highest BCUT2D eigenvalue weighted by Crippen LogP contribution is 2.24. The molecular formula is C19H18ClN3O. The molecule has 0 unspecified atom stereocenters. The average molecular weight is 340 g/mol. The summed E-state index contributed by atoms with van der Waals surface area (Å²) in [5, 5.41) is 5.12. The lowest BCUT2D eigenvalue weighted by Gasteiger charge is -2.12. The van der Waals surface area contributed by atoms with Crippen molar-refractivity contribution in [1.29, 1.82) is 0 Å². The van der Waals surface area contributed by atoms with E-state index >= 15 is 0 Å². The van der Waals surface area contributed by atoms with E-state index in [-0.39, 0.29) is 5.91 Å². The van der Waals surface area contributed by atoms with Crippen LogP contribution >= 0.6 is 11.6 Å². The lowest BCUT2D eigenvalue weighted by Crippen LogP contribution is -2.21. The number of fused-ring (bicyclic) bond motifs is 1. The van der Waals surface area contributed by atoms with Crippen LogP contribution in [0.15, 0.2) is 54.7 Å². The van der Waals surface area contributed by atoms with Gasteiger partial charge in [0.2, 0.25) is 0 Å². The smallest absolute Gasteiger partial charge is 0.253 e. The molecule has 1 amide bonds. The van der Waals surface area contributed by atoms with Crippen LogP contribution in [0.3, 0.4) is 0 Å². The summed E-state index contributed by atoms with van der Waals surface area (Å²) in [6.07, 6.45) is 1.76. The predicted octanol–water partition coefficient (Wildman–Crippen LogP) is 4.20. The lowest BCUT2D eigenvalue weighted by atomic mass is 10.1. The number of rotatable bonds is 4. The highest BCUT2D eigenvalue weighted by Gasteiger charge is 2.07. The van der Waals surface area contributed by atoms with Gasteiger partial charge in [0.25, 0.3) is 5.91 Å². The largest absolute Gasteiger partial charge is 0.380 e. The Morgan fingerprint density at radius 1 is 1.12 bits per heavy atom.